The first kappa shape index (κ1) is 22.5. The van der Waals surface area contributed by atoms with Crippen LogP contribution in [0.2, 0.25) is 0 Å². The number of esters is 1. The molecule has 0 radical (unpaired) electrons. The Morgan fingerprint density at radius 3 is 2.43 bits per heavy atom. The second kappa shape index (κ2) is 9.13. The minimum atomic E-state index is -2.19. The number of non-ortho nitro benzene ring substituents is 1. The Balaban J connectivity index is 2.31. The summed E-state index contributed by atoms with van der Waals surface area (Å²) in [5.41, 5.74) is 0.593. The zero-order chi connectivity index (χ0) is 22.6. The van der Waals surface area contributed by atoms with Crippen molar-refractivity contribution in [1.29, 1.82) is 0 Å². The highest BCUT2D eigenvalue weighted by molar-refractivity contribution is 7.22. The second-order valence-corrected chi connectivity index (χ2v) is 7.19. The first-order valence-electron chi connectivity index (χ1n) is 8.26. The molecule has 0 bridgehead atoms. The van der Waals surface area contributed by atoms with Gasteiger partial charge in [0.1, 0.15) is 0 Å². The Kier molecular flexibility index (Phi) is 6.85. The van der Waals surface area contributed by atoms with Crippen LogP contribution < -0.4 is 5.32 Å². The molecule has 156 valence electrons. The third-order valence-corrected chi connectivity index (χ3v) is 4.59. The Labute approximate surface area is 172 Å². The largest absolute Gasteiger partial charge is 0.463 e. The molecule has 1 atom stereocenters. The van der Waals surface area contributed by atoms with Crippen LogP contribution in [0, 0.1) is 16.0 Å². The third kappa shape index (κ3) is 4.97. The first-order valence-corrected chi connectivity index (χ1v) is 9.08. The Morgan fingerprint density at radius 2 is 1.87 bits per heavy atom. The van der Waals surface area contributed by atoms with E-state index < -0.39 is 40.1 Å². The van der Waals surface area contributed by atoms with Gasteiger partial charge in [-0.05, 0) is 26.0 Å². The van der Waals surface area contributed by atoms with Crippen LogP contribution >= 0.6 is 11.3 Å². The van der Waals surface area contributed by atoms with E-state index >= 15 is 0 Å². The van der Waals surface area contributed by atoms with Gasteiger partial charge in [-0.1, -0.05) is 16.9 Å². The summed E-state index contributed by atoms with van der Waals surface area (Å²) in [6, 6.07) is 3.83. The normalized spacial score (nSPS) is 11.3. The molecule has 1 aromatic carbocycles. The number of rotatable bonds is 8. The van der Waals surface area contributed by atoms with Gasteiger partial charge >= 0.3 is 5.97 Å². The van der Waals surface area contributed by atoms with Crippen molar-refractivity contribution in [3.05, 3.63) is 40.0 Å². The van der Waals surface area contributed by atoms with Gasteiger partial charge in [0.2, 0.25) is 5.78 Å². The van der Waals surface area contributed by atoms with Gasteiger partial charge < -0.3 is 4.74 Å². The highest BCUT2D eigenvalue weighted by Gasteiger charge is 2.40. The van der Waals surface area contributed by atoms with E-state index in [1.54, 1.807) is 0 Å². The summed E-state index contributed by atoms with van der Waals surface area (Å²) in [7, 11) is 0.896. The number of hydrogen-bond acceptors (Lipinski definition) is 10. The van der Waals surface area contributed by atoms with Crippen molar-refractivity contribution < 1.29 is 33.6 Å². The minimum absolute atomic E-state index is 0.0808. The van der Waals surface area contributed by atoms with Crippen molar-refractivity contribution in [2.75, 3.05) is 12.4 Å². The maximum Gasteiger partial charge on any atom is 0.375 e. The number of nitrogens with zero attached hydrogens (tertiary/aromatic N) is 2. The van der Waals surface area contributed by atoms with Gasteiger partial charge in [-0.25, -0.2) is 9.78 Å². The molecule has 1 N–H and O–H groups in total. The number of nitrogens with one attached hydrogen (secondary N) is 1. The number of hydrogen-bond donors (Lipinski definition) is 1. The monoisotopic (exact) mass is 433 g/mol. The van der Waals surface area contributed by atoms with Crippen molar-refractivity contribution in [1.82, 2.24) is 4.98 Å². The van der Waals surface area contributed by atoms with Crippen LogP contribution in [0.1, 0.15) is 13.8 Å². The number of thiazole rings is 1. The maximum atomic E-state index is 12.5. The van der Waals surface area contributed by atoms with E-state index in [1.807, 2.05) is 0 Å². The molecule has 0 saturated carbocycles. The SMILES string of the molecule is COC(=O)C(=O)C(C(=O)C=C(C)C)C(=O)C(=O)Nc1nc2ccc([N+](=O)[O-])cc2s1. The fraction of sp³-hybridized carbons (Fsp3) is 0.222. The molecule has 0 saturated heterocycles. The molecule has 12 heteroatoms. The molecule has 2 aromatic rings. The van der Waals surface area contributed by atoms with E-state index in [4.69, 9.17) is 0 Å². The zero-order valence-electron chi connectivity index (χ0n) is 16.0. The first-order chi connectivity index (χ1) is 14.0. The molecule has 0 aliphatic heterocycles. The molecule has 30 heavy (non-hydrogen) atoms. The quantitative estimate of drug-likeness (QED) is 0.163. The van der Waals surface area contributed by atoms with Crippen LogP contribution in [0.3, 0.4) is 0 Å². The lowest BCUT2D eigenvalue weighted by Crippen LogP contribution is -2.41. The summed E-state index contributed by atoms with van der Waals surface area (Å²) in [5.74, 6) is -8.95. The van der Waals surface area contributed by atoms with Crippen LogP contribution in [0.15, 0.2) is 29.8 Å². The fourth-order valence-corrected chi connectivity index (χ4v) is 3.23. The van der Waals surface area contributed by atoms with Gasteiger partial charge in [0, 0.05) is 12.1 Å². The lowest BCUT2D eigenvalue weighted by molar-refractivity contribution is -0.384. The number of anilines is 1. The van der Waals surface area contributed by atoms with Crippen LogP contribution in [-0.2, 0) is 28.7 Å². The average Bonchev–Trinajstić information content (AvgIpc) is 3.07. The van der Waals surface area contributed by atoms with E-state index in [9.17, 15) is 34.1 Å². The Morgan fingerprint density at radius 1 is 1.20 bits per heavy atom. The fourth-order valence-electron chi connectivity index (χ4n) is 2.33. The van der Waals surface area contributed by atoms with Crippen LogP contribution in [0.25, 0.3) is 10.2 Å². The van der Waals surface area contributed by atoms with Crippen molar-refractivity contribution in [2.45, 2.75) is 13.8 Å². The summed E-state index contributed by atoms with van der Waals surface area (Å²) in [6.45, 7) is 3.06. The van der Waals surface area contributed by atoms with Gasteiger partial charge in [0.05, 0.1) is 22.2 Å². The Hall–Kier alpha value is -3.80. The van der Waals surface area contributed by atoms with E-state index in [0.29, 0.717) is 15.8 Å². The highest BCUT2D eigenvalue weighted by atomic mass is 32.1. The standard InChI is InChI=1S/C18H15N3O8S/c1-8(2)6-11(22)13(15(24)17(26)29-3)14(23)16(25)20-18-19-10-5-4-9(21(27)28)7-12(10)30-18/h4-7,13H,1-3H3,(H,19,20,25). The summed E-state index contributed by atoms with van der Waals surface area (Å²) in [6.07, 6.45) is 0.966. The van der Waals surface area contributed by atoms with Crippen molar-refractivity contribution in [3.8, 4) is 0 Å². The van der Waals surface area contributed by atoms with Crippen LogP contribution in [0.4, 0.5) is 10.8 Å². The second-order valence-electron chi connectivity index (χ2n) is 6.16. The lowest BCUT2D eigenvalue weighted by atomic mass is 9.92. The van der Waals surface area contributed by atoms with Gasteiger partial charge in [-0.15, -0.1) is 0 Å². The van der Waals surface area contributed by atoms with Crippen molar-refractivity contribution in [2.24, 2.45) is 5.92 Å². The molecule has 1 heterocycles. The maximum absolute atomic E-state index is 12.5. The number of Topliss-reactive ketones (excluding diaryl/α,β-unsaturated/α-hetero) is 2. The summed E-state index contributed by atoms with van der Waals surface area (Å²) >= 11 is 0.851. The average molecular weight is 433 g/mol. The summed E-state index contributed by atoms with van der Waals surface area (Å²) < 4.78 is 4.63. The summed E-state index contributed by atoms with van der Waals surface area (Å²) in [4.78, 5) is 75.0. The number of methoxy groups -OCH3 is 1. The van der Waals surface area contributed by atoms with E-state index in [0.717, 1.165) is 24.5 Å². The predicted octanol–water partition coefficient (Wildman–Crippen LogP) is 1.61. The molecule has 0 spiro atoms. The van der Waals surface area contributed by atoms with E-state index in [2.05, 4.69) is 15.0 Å². The minimum Gasteiger partial charge on any atom is -0.463 e. The van der Waals surface area contributed by atoms with Gasteiger partial charge in [0.15, 0.2) is 16.8 Å². The lowest BCUT2D eigenvalue weighted by Gasteiger charge is -2.10. The number of carbonyl (C=O) groups is 5. The van der Waals surface area contributed by atoms with Gasteiger partial charge in [0.25, 0.3) is 17.4 Å². The number of benzene rings is 1. The molecular weight excluding hydrogens is 418 g/mol. The third-order valence-electron chi connectivity index (χ3n) is 3.65. The number of carbonyl (C=O) groups excluding carboxylic acids is 5. The molecule has 0 aliphatic carbocycles. The molecule has 2 rings (SSSR count). The number of fused-ring (bicyclic) bond motifs is 1. The van der Waals surface area contributed by atoms with Crippen molar-refractivity contribution >= 4 is 61.6 Å². The Bertz CT molecular complexity index is 1110. The van der Waals surface area contributed by atoms with Crippen LogP contribution in [-0.4, -0.2) is 46.2 Å². The number of nitro benzene ring substituents is 1. The number of ether oxygens (including phenoxy) is 1. The molecule has 1 amide bonds. The number of nitro groups is 1. The van der Waals surface area contributed by atoms with Crippen LogP contribution in [0.5, 0.6) is 0 Å². The molecule has 11 nitrogen and oxygen atoms in total. The number of amides is 1. The zero-order valence-corrected chi connectivity index (χ0v) is 16.8. The van der Waals surface area contributed by atoms with E-state index in [1.165, 1.54) is 32.0 Å². The van der Waals surface area contributed by atoms with Crippen molar-refractivity contribution in [3.63, 3.8) is 0 Å². The smallest absolute Gasteiger partial charge is 0.375 e. The molecule has 1 aromatic heterocycles. The summed E-state index contributed by atoms with van der Waals surface area (Å²) in [5, 5.41) is 12.9. The predicted molar refractivity (Wildman–Crippen MR) is 105 cm³/mol. The topological polar surface area (TPSA) is 163 Å². The number of allylic oxidation sites excluding steroid dienone is 2. The highest BCUT2D eigenvalue weighted by Crippen LogP contribution is 2.29. The van der Waals surface area contributed by atoms with Gasteiger partial charge in [-0.3, -0.25) is 34.6 Å². The number of aromatic nitrogens is 1. The van der Waals surface area contributed by atoms with Gasteiger partial charge in [-0.2, -0.15) is 0 Å². The molecule has 0 aliphatic rings. The number of ketones is 3. The molecule has 0 fully saturated rings. The van der Waals surface area contributed by atoms with E-state index in [-0.39, 0.29) is 10.8 Å². The molecular formula is C18H15N3O8S. The molecule has 1 unspecified atom stereocenters.